The molecule has 0 spiro atoms. The molecule has 4 rings (SSSR count). The van der Waals surface area contributed by atoms with E-state index in [1.54, 1.807) is 19.2 Å². The summed E-state index contributed by atoms with van der Waals surface area (Å²) in [6.07, 6.45) is 0. The molecular weight excluding hydrogens is 413 g/mol. The van der Waals surface area contributed by atoms with Gasteiger partial charge in [-0.25, -0.2) is 9.78 Å². The number of hydrogen-bond acceptors (Lipinski definition) is 5. The molecule has 0 saturated heterocycles. The van der Waals surface area contributed by atoms with Gasteiger partial charge in [0, 0.05) is 22.9 Å². The predicted octanol–water partition coefficient (Wildman–Crippen LogP) is 4.82. The highest BCUT2D eigenvalue weighted by Gasteiger charge is 2.36. The highest BCUT2D eigenvalue weighted by atomic mass is 35.5. The largest absolute Gasteiger partial charge is 0.460 e. The number of nitrogens with zero attached hydrogens (tertiary/aromatic N) is 2. The molecule has 1 aromatic heterocycles. The number of para-hydroxylation sites is 2. The fraction of sp³-hybridized carbons (Fsp3) is 0.238. The third kappa shape index (κ3) is 3.59. The number of nitrogens with one attached hydrogen (secondary N) is 1. The minimum Gasteiger partial charge on any atom is -0.460 e. The summed E-state index contributed by atoms with van der Waals surface area (Å²) in [5.41, 5.74) is 3.54. The van der Waals surface area contributed by atoms with Crippen LogP contribution in [-0.2, 0) is 14.3 Å². The summed E-state index contributed by atoms with van der Waals surface area (Å²) in [5, 5.41) is 4.21. The van der Waals surface area contributed by atoms with E-state index < -0.39 is 12.0 Å². The Morgan fingerprint density at radius 3 is 2.76 bits per heavy atom. The van der Waals surface area contributed by atoms with E-state index in [2.05, 4.69) is 10.3 Å². The van der Waals surface area contributed by atoms with Gasteiger partial charge in [-0.1, -0.05) is 41.4 Å². The van der Waals surface area contributed by atoms with Crippen molar-refractivity contribution in [3.05, 3.63) is 69.3 Å². The molecule has 0 unspecified atom stereocenters. The normalized spacial score (nSPS) is 15.9. The van der Waals surface area contributed by atoms with Crippen LogP contribution in [0.2, 0.25) is 10.0 Å². The van der Waals surface area contributed by atoms with Crippen LogP contribution < -0.4 is 5.32 Å². The SMILES string of the molecule is COCCOC(=O)C1=C(C)Nc2nc3ccccc3n2[C@@H]1c1ccc(Cl)cc1Cl. The van der Waals surface area contributed by atoms with E-state index in [1.165, 1.54) is 0 Å². The number of carbonyl (C=O) groups excluding carboxylic acids is 1. The van der Waals surface area contributed by atoms with Crippen molar-refractivity contribution in [3.63, 3.8) is 0 Å². The summed E-state index contributed by atoms with van der Waals surface area (Å²) in [5.74, 6) is 0.194. The number of rotatable bonds is 5. The Kier molecular flexibility index (Phi) is 5.50. The molecule has 6 nitrogen and oxygen atoms in total. The zero-order valence-corrected chi connectivity index (χ0v) is 17.4. The number of carbonyl (C=O) groups is 1. The Balaban J connectivity index is 1.90. The quantitative estimate of drug-likeness (QED) is 0.463. The van der Waals surface area contributed by atoms with Gasteiger partial charge in [0.05, 0.1) is 29.3 Å². The lowest BCUT2D eigenvalue weighted by atomic mass is 9.95. The summed E-state index contributed by atoms with van der Waals surface area (Å²) in [7, 11) is 1.56. The lowest BCUT2D eigenvalue weighted by Gasteiger charge is -2.30. The van der Waals surface area contributed by atoms with E-state index in [0.29, 0.717) is 33.9 Å². The van der Waals surface area contributed by atoms with Crippen molar-refractivity contribution >= 4 is 46.2 Å². The van der Waals surface area contributed by atoms with Crippen molar-refractivity contribution in [2.24, 2.45) is 0 Å². The smallest absolute Gasteiger partial charge is 0.338 e. The number of aromatic nitrogens is 2. The van der Waals surface area contributed by atoms with Crippen molar-refractivity contribution in [2.75, 3.05) is 25.6 Å². The molecule has 0 aliphatic carbocycles. The number of halogens is 2. The van der Waals surface area contributed by atoms with Crippen LogP contribution in [0, 0.1) is 0 Å². The fourth-order valence-corrected chi connectivity index (χ4v) is 4.05. The molecule has 0 saturated carbocycles. The van der Waals surface area contributed by atoms with Crippen molar-refractivity contribution in [3.8, 4) is 0 Å². The zero-order valence-electron chi connectivity index (χ0n) is 15.9. The number of fused-ring (bicyclic) bond motifs is 3. The molecule has 3 aromatic rings. The molecule has 29 heavy (non-hydrogen) atoms. The third-order valence-electron chi connectivity index (χ3n) is 4.83. The summed E-state index contributed by atoms with van der Waals surface area (Å²) in [6, 6.07) is 12.5. The Morgan fingerprint density at radius 1 is 1.21 bits per heavy atom. The average Bonchev–Trinajstić information content (AvgIpc) is 3.05. The molecule has 1 atom stereocenters. The summed E-state index contributed by atoms with van der Waals surface area (Å²) in [4.78, 5) is 17.7. The second kappa shape index (κ2) is 8.06. The number of imidazole rings is 1. The van der Waals surface area contributed by atoms with E-state index in [-0.39, 0.29) is 6.61 Å². The van der Waals surface area contributed by atoms with Crippen LogP contribution in [0.15, 0.2) is 53.7 Å². The number of ether oxygens (including phenoxy) is 2. The second-order valence-electron chi connectivity index (χ2n) is 6.65. The molecule has 2 aromatic carbocycles. The van der Waals surface area contributed by atoms with Crippen molar-refractivity contribution < 1.29 is 14.3 Å². The molecule has 1 aliphatic heterocycles. The predicted molar refractivity (Wildman–Crippen MR) is 113 cm³/mol. The maximum absolute atomic E-state index is 13.0. The minimum atomic E-state index is -0.515. The van der Waals surface area contributed by atoms with E-state index >= 15 is 0 Å². The van der Waals surface area contributed by atoms with Crippen LogP contribution in [0.1, 0.15) is 18.5 Å². The molecule has 150 valence electrons. The Labute approximate surface area is 178 Å². The van der Waals surface area contributed by atoms with Gasteiger partial charge < -0.3 is 14.8 Å². The van der Waals surface area contributed by atoms with Crippen LogP contribution in [0.25, 0.3) is 11.0 Å². The van der Waals surface area contributed by atoms with Crippen LogP contribution >= 0.6 is 23.2 Å². The first-order chi connectivity index (χ1) is 14.0. The van der Waals surface area contributed by atoms with E-state index in [9.17, 15) is 4.79 Å². The van der Waals surface area contributed by atoms with Gasteiger partial charge in [-0.3, -0.25) is 4.57 Å². The fourth-order valence-electron chi connectivity index (χ4n) is 3.54. The van der Waals surface area contributed by atoms with Gasteiger partial charge in [-0.05, 0) is 36.8 Å². The number of methoxy groups -OCH3 is 1. The molecule has 0 fully saturated rings. The average molecular weight is 432 g/mol. The monoisotopic (exact) mass is 431 g/mol. The van der Waals surface area contributed by atoms with Crippen LogP contribution in [0.5, 0.6) is 0 Å². The minimum absolute atomic E-state index is 0.157. The number of benzene rings is 2. The van der Waals surface area contributed by atoms with Gasteiger partial charge in [0.15, 0.2) is 0 Å². The topological polar surface area (TPSA) is 65.4 Å². The van der Waals surface area contributed by atoms with Gasteiger partial charge in [0.25, 0.3) is 0 Å². The Hall–Kier alpha value is -2.54. The molecule has 2 heterocycles. The van der Waals surface area contributed by atoms with E-state index in [4.69, 9.17) is 32.7 Å². The van der Waals surface area contributed by atoms with Crippen LogP contribution in [-0.4, -0.2) is 35.8 Å². The molecule has 0 amide bonds. The zero-order chi connectivity index (χ0) is 20.5. The molecule has 1 aliphatic rings. The maximum atomic E-state index is 13.0. The number of anilines is 1. The molecule has 0 bridgehead atoms. The maximum Gasteiger partial charge on any atom is 0.338 e. The van der Waals surface area contributed by atoms with Crippen LogP contribution in [0.3, 0.4) is 0 Å². The van der Waals surface area contributed by atoms with Crippen molar-refractivity contribution in [2.45, 2.75) is 13.0 Å². The summed E-state index contributed by atoms with van der Waals surface area (Å²) in [6.45, 7) is 2.30. The molecule has 8 heteroatoms. The highest BCUT2D eigenvalue weighted by molar-refractivity contribution is 6.35. The van der Waals surface area contributed by atoms with Gasteiger partial charge in [0.1, 0.15) is 6.61 Å². The van der Waals surface area contributed by atoms with Gasteiger partial charge in [-0.2, -0.15) is 0 Å². The lowest BCUT2D eigenvalue weighted by molar-refractivity contribution is -0.140. The molecule has 1 N–H and O–H groups in total. The summed E-state index contributed by atoms with van der Waals surface area (Å²) < 4.78 is 12.4. The van der Waals surface area contributed by atoms with Gasteiger partial charge >= 0.3 is 5.97 Å². The number of esters is 1. The standard InChI is InChI=1S/C21H19Cl2N3O3/c1-12-18(20(27)29-10-9-28-2)19(14-8-7-13(22)11-15(14)23)26-17-6-4-3-5-16(17)25-21(26)24-12/h3-8,11,19H,9-10H2,1-2H3,(H,24,25)/t19-/m1/s1. The van der Waals surface area contributed by atoms with Crippen LogP contribution in [0.4, 0.5) is 5.95 Å². The molecule has 0 radical (unpaired) electrons. The Morgan fingerprint density at radius 2 is 2.00 bits per heavy atom. The highest BCUT2D eigenvalue weighted by Crippen LogP contribution is 2.42. The number of allylic oxidation sites excluding steroid dienone is 1. The lowest BCUT2D eigenvalue weighted by Crippen LogP contribution is -2.29. The summed E-state index contributed by atoms with van der Waals surface area (Å²) >= 11 is 12.7. The van der Waals surface area contributed by atoms with E-state index in [0.717, 1.165) is 16.6 Å². The van der Waals surface area contributed by atoms with E-state index in [1.807, 2.05) is 41.8 Å². The molecular formula is C21H19Cl2N3O3. The Bertz CT molecular complexity index is 1120. The second-order valence-corrected chi connectivity index (χ2v) is 7.50. The third-order valence-corrected chi connectivity index (χ3v) is 5.39. The van der Waals surface area contributed by atoms with Crippen molar-refractivity contribution in [1.29, 1.82) is 0 Å². The van der Waals surface area contributed by atoms with Gasteiger partial charge in [0.2, 0.25) is 5.95 Å². The first kappa shape index (κ1) is 19.8. The first-order valence-electron chi connectivity index (χ1n) is 9.07. The van der Waals surface area contributed by atoms with Crippen molar-refractivity contribution in [1.82, 2.24) is 9.55 Å². The first-order valence-corrected chi connectivity index (χ1v) is 9.82. The number of hydrogen-bond donors (Lipinski definition) is 1. The van der Waals surface area contributed by atoms with Gasteiger partial charge in [-0.15, -0.1) is 0 Å².